The maximum atomic E-state index is 12.7. The van der Waals surface area contributed by atoms with Crippen molar-refractivity contribution in [3.63, 3.8) is 0 Å². The van der Waals surface area contributed by atoms with Crippen molar-refractivity contribution < 1.29 is 27.1 Å². The maximum absolute atomic E-state index is 12.7. The second kappa shape index (κ2) is 7.98. The number of hydrogen-bond acceptors (Lipinski definition) is 4. The normalized spacial score (nSPS) is 11.3. The first-order valence-electron chi connectivity index (χ1n) is 9.10. The van der Waals surface area contributed by atoms with E-state index < -0.39 is 23.6 Å². The molecule has 0 atom stereocenters. The van der Waals surface area contributed by atoms with Gasteiger partial charge in [-0.3, -0.25) is 4.79 Å². The van der Waals surface area contributed by atoms with Gasteiger partial charge in [-0.15, -0.1) is 13.2 Å². The van der Waals surface area contributed by atoms with Crippen LogP contribution in [-0.2, 0) is 0 Å². The minimum Gasteiger partial charge on any atom is -0.422 e. The van der Waals surface area contributed by atoms with E-state index in [1.807, 2.05) is 0 Å². The van der Waals surface area contributed by atoms with Crippen molar-refractivity contribution in [3.8, 4) is 16.9 Å². The highest BCUT2D eigenvalue weighted by atomic mass is 19.4. The molecule has 0 aliphatic heterocycles. The number of carbonyl (C=O) groups is 1. The molecular formula is C23H14F3NO4. The molecule has 3 aromatic carbocycles. The second-order valence-corrected chi connectivity index (χ2v) is 6.56. The van der Waals surface area contributed by atoms with Crippen LogP contribution in [0, 0.1) is 0 Å². The molecule has 0 unspecified atom stereocenters. The Hall–Kier alpha value is -4.07. The fraction of sp³-hybridized carbons (Fsp3) is 0.0435. The van der Waals surface area contributed by atoms with E-state index in [9.17, 15) is 22.8 Å². The van der Waals surface area contributed by atoms with Crippen LogP contribution in [0.25, 0.3) is 22.1 Å². The van der Waals surface area contributed by atoms with Gasteiger partial charge in [0.1, 0.15) is 5.58 Å². The van der Waals surface area contributed by atoms with Gasteiger partial charge in [0.25, 0.3) is 5.91 Å². The molecule has 156 valence electrons. The minimum atomic E-state index is -4.90. The molecule has 0 radical (unpaired) electrons. The van der Waals surface area contributed by atoms with Crippen molar-refractivity contribution in [2.24, 2.45) is 0 Å². The Morgan fingerprint density at radius 2 is 1.65 bits per heavy atom. The summed E-state index contributed by atoms with van der Waals surface area (Å²) in [7, 11) is 0. The largest absolute Gasteiger partial charge is 0.573 e. The number of halogens is 3. The Balaban J connectivity index is 1.65. The number of fused-ring (bicyclic) bond motifs is 1. The summed E-state index contributed by atoms with van der Waals surface area (Å²) in [5, 5.41) is 3.12. The summed E-state index contributed by atoms with van der Waals surface area (Å²) >= 11 is 0. The molecule has 1 N–H and O–H groups in total. The zero-order valence-corrected chi connectivity index (χ0v) is 15.8. The highest BCUT2D eigenvalue weighted by molar-refractivity contribution is 6.05. The number of hydrogen-bond donors (Lipinski definition) is 1. The van der Waals surface area contributed by atoms with Gasteiger partial charge in [-0.2, -0.15) is 0 Å². The quantitative estimate of drug-likeness (QED) is 0.432. The number of anilines is 1. The fourth-order valence-electron chi connectivity index (χ4n) is 3.07. The SMILES string of the molecule is O=C(Nc1ccccc1OC(F)(F)F)c1cccc(-c2cc3ccccc3oc2=O)c1. The lowest BCUT2D eigenvalue weighted by atomic mass is 10.0. The van der Waals surface area contributed by atoms with E-state index in [4.69, 9.17) is 4.42 Å². The molecule has 31 heavy (non-hydrogen) atoms. The van der Waals surface area contributed by atoms with Crippen LogP contribution in [0.1, 0.15) is 10.4 Å². The zero-order valence-electron chi connectivity index (χ0n) is 15.8. The lowest BCUT2D eigenvalue weighted by Gasteiger charge is -2.14. The van der Waals surface area contributed by atoms with Crippen molar-refractivity contribution >= 4 is 22.6 Å². The first kappa shape index (κ1) is 20.2. The third-order valence-corrected chi connectivity index (χ3v) is 4.44. The van der Waals surface area contributed by atoms with Gasteiger partial charge in [0.15, 0.2) is 5.75 Å². The molecule has 0 saturated carbocycles. The van der Waals surface area contributed by atoms with E-state index in [-0.39, 0.29) is 16.8 Å². The van der Waals surface area contributed by atoms with Crippen LogP contribution in [-0.4, -0.2) is 12.3 Å². The van der Waals surface area contributed by atoms with Gasteiger partial charge >= 0.3 is 12.0 Å². The molecular weight excluding hydrogens is 411 g/mol. The van der Waals surface area contributed by atoms with E-state index >= 15 is 0 Å². The number of nitrogens with one attached hydrogen (secondary N) is 1. The predicted octanol–water partition coefficient (Wildman–Crippen LogP) is 5.61. The Morgan fingerprint density at radius 1 is 0.903 bits per heavy atom. The Morgan fingerprint density at radius 3 is 2.45 bits per heavy atom. The number of amides is 1. The highest BCUT2D eigenvalue weighted by Gasteiger charge is 2.32. The van der Waals surface area contributed by atoms with Gasteiger partial charge in [0.2, 0.25) is 0 Å². The van der Waals surface area contributed by atoms with Crippen molar-refractivity contribution in [2.45, 2.75) is 6.36 Å². The van der Waals surface area contributed by atoms with Gasteiger partial charge in [0, 0.05) is 10.9 Å². The van der Waals surface area contributed by atoms with Crippen LogP contribution < -0.4 is 15.7 Å². The summed E-state index contributed by atoms with van der Waals surface area (Å²) < 4.78 is 47.1. The van der Waals surface area contributed by atoms with Crippen LogP contribution in [0.2, 0.25) is 0 Å². The molecule has 1 heterocycles. The standard InChI is InChI=1S/C23H14F3NO4/c24-23(25,26)31-20-11-4-2-9-18(20)27-21(28)16-8-5-7-14(12-16)17-13-15-6-1-3-10-19(15)30-22(17)29/h1-13H,(H,27,28). The lowest BCUT2D eigenvalue weighted by molar-refractivity contribution is -0.274. The van der Waals surface area contributed by atoms with Crippen LogP contribution in [0.5, 0.6) is 5.75 Å². The van der Waals surface area contributed by atoms with Gasteiger partial charge in [-0.1, -0.05) is 42.5 Å². The molecule has 1 amide bonds. The van der Waals surface area contributed by atoms with Crippen LogP contribution in [0.4, 0.5) is 18.9 Å². The lowest BCUT2D eigenvalue weighted by Crippen LogP contribution is -2.19. The molecule has 0 aliphatic carbocycles. The van der Waals surface area contributed by atoms with Gasteiger partial charge in [-0.25, -0.2) is 4.79 Å². The van der Waals surface area contributed by atoms with Crippen molar-refractivity contribution in [2.75, 3.05) is 5.32 Å². The highest BCUT2D eigenvalue weighted by Crippen LogP contribution is 2.30. The van der Waals surface area contributed by atoms with E-state index in [1.165, 1.54) is 30.3 Å². The smallest absolute Gasteiger partial charge is 0.422 e. The number of rotatable bonds is 4. The number of alkyl halides is 3. The molecule has 0 aliphatic rings. The minimum absolute atomic E-state index is 0.138. The topological polar surface area (TPSA) is 68.5 Å². The van der Waals surface area contributed by atoms with Gasteiger partial charge in [-0.05, 0) is 42.0 Å². The maximum Gasteiger partial charge on any atom is 0.573 e. The summed E-state index contributed by atoms with van der Waals surface area (Å²) in [5.41, 5.74) is 0.569. The van der Waals surface area contributed by atoms with Crippen LogP contribution in [0.15, 0.2) is 88.1 Å². The van der Waals surface area contributed by atoms with E-state index in [0.717, 1.165) is 6.07 Å². The summed E-state index contributed by atoms with van der Waals surface area (Å²) in [4.78, 5) is 25.1. The summed E-state index contributed by atoms with van der Waals surface area (Å²) in [6, 6.07) is 20.0. The van der Waals surface area contributed by atoms with E-state index in [0.29, 0.717) is 16.5 Å². The number of benzene rings is 3. The molecule has 4 aromatic rings. The third-order valence-electron chi connectivity index (χ3n) is 4.44. The molecule has 8 heteroatoms. The first-order chi connectivity index (χ1) is 14.8. The van der Waals surface area contributed by atoms with Crippen molar-refractivity contribution in [3.05, 3.63) is 94.8 Å². The Kier molecular flexibility index (Phi) is 5.21. The van der Waals surface area contributed by atoms with Crippen molar-refractivity contribution in [1.82, 2.24) is 0 Å². The fourth-order valence-corrected chi connectivity index (χ4v) is 3.07. The van der Waals surface area contributed by atoms with Crippen molar-refractivity contribution in [1.29, 1.82) is 0 Å². The average molecular weight is 425 g/mol. The van der Waals surface area contributed by atoms with E-state index in [1.54, 1.807) is 42.5 Å². The molecule has 0 spiro atoms. The number of carbonyl (C=O) groups excluding carboxylic acids is 1. The third kappa shape index (κ3) is 4.58. The number of ether oxygens (including phenoxy) is 1. The molecule has 0 bridgehead atoms. The molecule has 0 saturated heterocycles. The Labute approximate surface area is 173 Å². The molecule has 4 rings (SSSR count). The van der Waals surface area contributed by atoms with Crippen LogP contribution in [0.3, 0.4) is 0 Å². The number of para-hydroxylation sites is 3. The summed E-state index contributed by atoms with van der Waals surface area (Å²) in [5.74, 6) is -1.19. The van der Waals surface area contributed by atoms with Gasteiger partial charge < -0.3 is 14.5 Å². The zero-order chi connectivity index (χ0) is 22.0. The Bertz CT molecular complexity index is 1330. The average Bonchev–Trinajstić information content (AvgIpc) is 2.73. The predicted molar refractivity (Wildman–Crippen MR) is 109 cm³/mol. The molecule has 0 fully saturated rings. The van der Waals surface area contributed by atoms with E-state index in [2.05, 4.69) is 10.1 Å². The monoisotopic (exact) mass is 425 g/mol. The molecule has 1 aromatic heterocycles. The molecule has 5 nitrogen and oxygen atoms in total. The van der Waals surface area contributed by atoms with Crippen LogP contribution >= 0.6 is 0 Å². The second-order valence-electron chi connectivity index (χ2n) is 6.56. The first-order valence-corrected chi connectivity index (χ1v) is 9.10. The summed E-state index contributed by atoms with van der Waals surface area (Å²) in [6.45, 7) is 0. The summed E-state index contributed by atoms with van der Waals surface area (Å²) in [6.07, 6.45) is -4.90. The van der Waals surface area contributed by atoms with Gasteiger partial charge in [0.05, 0.1) is 11.3 Å².